The first kappa shape index (κ1) is 18.5. The number of thioether (sulfide) groups is 1. The van der Waals surface area contributed by atoms with Gasteiger partial charge in [0.2, 0.25) is 0 Å². The van der Waals surface area contributed by atoms with Crippen molar-refractivity contribution in [3.05, 3.63) is 67.5 Å². The lowest BCUT2D eigenvalue weighted by Crippen LogP contribution is -2.17. The molecule has 3 nitrogen and oxygen atoms in total. The van der Waals surface area contributed by atoms with E-state index in [1.807, 2.05) is 0 Å². The fourth-order valence-corrected chi connectivity index (χ4v) is 3.80. The van der Waals surface area contributed by atoms with E-state index in [0.717, 1.165) is 5.56 Å². The average Bonchev–Trinajstić information content (AvgIpc) is 2.85. The minimum absolute atomic E-state index is 0.235. The highest BCUT2D eigenvalue weighted by Crippen LogP contribution is 2.32. The summed E-state index contributed by atoms with van der Waals surface area (Å²) in [4.78, 5) is 12.3. The molecule has 0 atom stereocenters. The molecular formula is C17H10Cl3NO2S2. The number of hydrogen-bond acceptors (Lipinski definition) is 4. The molecule has 3 rings (SSSR count). The lowest BCUT2D eigenvalue weighted by molar-refractivity contribution is -0.115. The molecule has 0 unspecified atom stereocenters. The predicted molar refractivity (Wildman–Crippen MR) is 109 cm³/mol. The fraction of sp³-hybridized carbons (Fsp3) is 0.0588. The molecule has 1 N–H and O–H groups in total. The summed E-state index contributed by atoms with van der Waals surface area (Å²) < 4.78 is 6.29. The van der Waals surface area contributed by atoms with E-state index in [2.05, 4.69) is 5.32 Å². The quantitative estimate of drug-likeness (QED) is 0.498. The maximum Gasteiger partial charge on any atom is 0.263 e. The molecule has 1 saturated heterocycles. The second-order valence-corrected chi connectivity index (χ2v) is 8.06. The number of ether oxygens (including phenoxy) is 1. The number of halogens is 3. The normalized spacial score (nSPS) is 15.6. The van der Waals surface area contributed by atoms with E-state index in [1.54, 1.807) is 42.5 Å². The first-order valence-electron chi connectivity index (χ1n) is 7.03. The Morgan fingerprint density at radius 3 is 2.52 bits per heavy atom. The van der Waals surface area contributed by atoms with Crippen LogP contribution in [0.5, 0.6) is 5.75 Å². The Balaban J connectivity index is 1.85. The number of thiocarbonyl (C=S) groups is 1. The Labute approximate surface area is 169 Å². The number of amides is 1. The van der Waals surface area contributed by atoms with Crippen molar-refractivity contribution in [3.8, 4) is 5.75 Å². The van der Waals surface area contributed by atoms with Gasteiger partial charge >= 0.3 is 0 Å². The summed E-state index contributed by atoms with van der Waals surface area (Å²) in [5.41, 5.74) is 1.48. The summed E-state index contributed by atoms with van der Waals surface area (Å²) in [6, 6.07) is 10.4. The van der Waals surface area contributed by atoms with Gasteiger partial charge in [0.25, 0.3) is 5.91 Å². The van der Waals surface area contributed by atoms with Crippen molar-refractivity contribution in [2.45, 2.75) is 6.61 Å². The van der Waals surface area contributed by atoms with E-state index in [0.29, 0.717) is 35.6 Å². The van der Waals surface area contributed by atoms with E-state index < -0.39 is 0 Å². The van der Waals surface area contributed by atoms with Crippen LogP contribution in [0.25, 0.3) is 6.08 Å². The second kappa shape index (κ2) is 7.98. The van der Waals surface area contributed by atoms with Gasteiger partial charge in [0.1, 0.15) is 16.7 Å². The van der Waals surface area contributed by atoms with E-state index in [1.165, 1.54) is 11.8 Å². The van der Waals surface area contributed by atoms with Crippen LogP contribution in [0, 0.1) is 0 Å². The fourth-order valence-electron chi connectivity index (χ4n) is 2.12. The minimum Gasteiger partial charge on any atom is -0.488 e. The molecule has 1 fully saturated rings. The van der Waals surface area contributed by atoms with Crippen LogP contribution >= 0.6 is 58.8 Å². The summed E-state index contributed by atoms with van der Waals surface area (Å²) in [5, 5.41) is 4.20. The van der Waals surface area contributed by atoms with Gasteiger partial charge in [-0.1, -0.05) is 64.8 Å². The monoisotopic (exact) mass is 429 g/mol. The zero-order chi connectivity index (χ0) is 18.0. The van der Waals surface area contributed by atoms with Gasteiger partial charge in [-0.05, 0) is 36.4 Å². The average molecular weight is 431 g/mol. The molecule has 0 radical (unpaired) electrons. The molecule has 2 aromatic carbocycles. The van der Waals surface area contributed by atoms with E-state index >= 15 is 0 Å². The highest BCUT2D eigenvalue weighted by molar-refractivity contribution is 8.26. The molecule has 0 bridgehead atoms. The minimum atomic E-state index is -0.235. The third kappa shape index (κ3) is 4.68. The molecule has 0 aliphatic carbocycles. The Morgan fingerprint density at radius 2 is 1.84 bits per heavy atom. The molecular weight excluding hydrogens is 421 g/mol. The van der Waals surface area contributed by atoms with Crippen LogP contribution in [0.2, 0.25) is 15.1 Å². The van der Waals surface area contributed by atoms with Crippen LogP contribution < -0.4 is 10.1 Å². The Morgan fingerprint density at radius 1 is 1.12 bits per heavy atom. The Kier molecular flexibility index (Phi) is 5.92. The SMILES string of the molecule is O=C1NC(=S)SC1=Cc1cc(Cl)ccc1OCc1ccc(Cl)cc1Cl. The molecule has 0 saturated carbocycles. The molecule has 0 aromatic heterocycles. The molecule has 1 aliphatic rings. The van der Waals surface area contributed by atoms with Crippen LogP contribution in [0.4, 0.5) is 0 Å². The summed E-state index contributed by atoms with van der Waals surface area (Å²) in [6.45, 7) is 0.256. The van der Waals surface area contributed by atoms with Crippen molar-refractivity contribution < 1.29 is 9.53 Å². The van der Waals surface area contributed by atoms with Crippen molar-refractivity contribution in [1.29, 1.82) is 0 Å². The van der Waals surface area contributed by atoms with Gasteiger partial charge in [0.05, 0.1) is 4.91 Å². The standard InChI is InChI=1S/C17H10Cl3NO2S2/c18-11-3-4-14(23-8-9-1-2-12(19)7-13(9)20)10(5-11)6-15-16(22)21-17(24)25-15/h1-7H,8H2,(H,21,22,24). The first-order chi connectivity index (χ1) is 11.9. The summed E-state index contributed by atoms with van der Waals surface area (Å²) >= 11 is 24.3. The molecule has 1 heterocycles. The van der Waals surface area contributed by atoms with Crippen molar-refractivity contribution in [3.63, 3.8) is 0 Å². The predicted octanol–water partition coefficient (Wildman–Crippen LogP) is 5.71. The molecule has 1 aliphatic heterocycles. The zero-order valence-corrected chi connectivity index (χ0v) is 16.4. The maximum absolute atomic E-state index is 11.8. The van der Waals surface area contributed by atoms with Crippen LogP contribution in [-0.4, -0.2) is 10.2 Å². The van der Waals surface area contributed by atoms with Crippen molar-refractivity contribution in [1.82, 2.24) is 5.32 Å². The second-order valence-electron chi connectivity index (χ2n) is 5.06. The zero-order valence-electron chi connectivity index (χ0n) is 12.5. The number of rotatable bonds is 4. The highest BCUT2D eigenvalue weighted by Gasteiger charge is 2.22. The van der Waals surface area contributed by atoms with Gasteiger partial charge in [-0.15, -0.1) is 0 Å². The van der Waals surface area contributed by atoms with Crippen molar-refractivity contribution in [2.24, 2.45) is 0 Å². The van der Waals surface area contributed by atoms with Gasteiger partial charge in [0, 0.05) is 26.2 Å². The van der Waals surface area contributed by atoms with Gasteiger partial charge < -0.3 is 10.1 Å². The van der Waals surface area contributed by atoms with Crippen LogP contribution in [0.15, 0.2) is 41.3 Å². The molecule has 1 amide bonds. The third-order valence-electron chi connectivity index (χ3n) is 3.30. The van der Waals surface area contributed by atoms with Gasteiger partial charge in [0.15, 0.2) is 0 Å². The molecule has 8 heteroatoms. The van der Waals surface area contributed by atoms with E-state index in [-0.39, 0.29) is 12.5 Å². The smallest absolute Gasteiger partial charge is 0.263 e. The van der Waals surface area contributed by atoms with Crippen molar-refractivity contribution in [2.75, 3.05) is 0 Å². The highest BCUT2D eigenvalue weighted by atomic mass is 35.5. The van der Waals surface area contributed by atoms with Crippen LogP contribution in [0.3, 0.4) is 0 Å². The number of hydrogen-bond donors (Lipinski definition) is 1. The van der Waals surface area contributed by atoms with Crippen LogP contribution in [-0.2, 0) is 11.4 Å². The number of nitrogens with one attached hydrogen (secondary N) is 1. The van der Waals surface area contributed by atoms with Crippen LogP contribution in [0.1, 0.15) is 11.1 Å². The first-order valence-corrected chi connectivity index (χ1v) is 9.39. The topological polar surface area (TPSA) is 38.3 Å². The van der Waals surface area contributed by atoms with E-state index in [4.69, 9.17) is 51.8 Å². The molecule has 25 heavy (non-hydrogen) atoms. The lowest BCUT2D eigenvalue weighted by atomic mass is 10.1. The van der Waals surface area contributed by atoms with E-state index in [9.17, 15) is 4.79 Å². The molecule has 128 valence electrons. The maximum atomic E-state index is 11.8. The molecule has 2 aromatic rings. The third-order valence-corrected chi connectivity index (χ3v) is 5.28. The lowest BCUT2D eigenvalue weighted by Gasteiger charge is -2.11. The summed E-state index contributed by atoms with van der Waals surface area (Å²) in [5.74, 6) is 0.343. The summed E-state index contributed by atoms with van der Waals surface area (Å²) in [6.07, 6.45) is 1.70. The van der Waals surface area contributed by atoms with Gasteiger partial charge in [-0.3, -0.25) is 4.79 Å². The number of carbonyl (C=O) groups is 1. The Hall–Kier alpha value is -1.24. The van der Waals surface area contributed by atoms with Crippen molar-refractivity contribution >= 4 is 75.1 Å². The number of carbonyl (C=O) groups excluding carboxylic acids is 1. The largest absolute Gasteiger partial charge is 0.488 e. The summed E-state index contributed by atoms with van der Waals surface area (Å²) in [7, 11) is 0. The molecule has 0 spiro atoms. The Bertz CT molecular complexity index is 899. The number of benzene rings is 2. The van der Waals surface area contributed by atoms with Gasteiger partial charge in [-0.25, -0.2) is 0 Å². The van der Waals surface area contributed by atoms with Gasteiger partial charge in [-0.2, -0.15) is 0 Å².